The molecule has 4 heteroatoms. The number of unbranched alkanes of at least 4 members (excludes halogenated alkanes) is 9. The van der Waals surface area contributed by atoms with Crippen molar-refractivity contribution < 1.29 is 9.90 Å². The van der Waals surface area contributed by atoms with E-state index in [9.17, 15) is 4.79 Å². The van der Waals surface area contributed by atoms with E-state index in [-0.39, 0.29) is 0 Å². The lowest BCUT2D eigenvalue weighted by atomic mass is 10.1. The van der Waals surface area contributed by atoms with Gasteiger partial charge in [0.15, 0.2) is 0 Å². The maximum absolute atomic E-state index is 10.3. The van der Waals surface area contributed by atoms with Crippen molar-refractivity contribution in [1.29, 1.82) is 0 Å². The van der Waals surface area contributed by atoms with Crippen molar-refractivity contribution in [3.05, 3.63) is 0 Å². The molecule has 0 aromatic heterocycles. The lowest BCUT2D eigenvalue weighted by molar-refractivity contribution is -0.136. The summed E-state index contributed by atoms with van der Waals surface area (Å²) < 4.78 is 1.31. The van der Waals surface area contributed by atoms with Crippen molar-refractivity contribution in [3.8, 4) is 0 Å². The fourth-order valence-corrected chi connectivity index (χ4v) is 3.45. The van der Waals surface area contributed by atoms with Gasteiger partial charge < -0.3 is 5.11 Å². The molecular weight excluding hydrogens is 371 g/mol. The van der Waals surface area contributed by atoms with Gasteiger partial charge in [-0.3, -0.25) is 4.79 Å². The molecule has 0 aliphatic carbocycles. The third-order valence-electron chi connectivity index (χ3n) is 3.13. The summed E-state index contributed by atoms with van der Waals surface area (Å²) in [5, 5.41) is 8.49. The topological polar surface area (TPSA) is 37.3 Å². The molecular formula is C15H29IO2S. The smallest absolute Gasteiger partial charge is 0.304 e. The molecule has 0 fully saturated rings. The quantitative estimate of drug-likeness (QED) is 0.223. The predicted molar refractivity (Wildman–Crippen MR) is 94.6 cm³/mol. The highest BCUT2D eigenvalue weighted by Crippen LogP contribution is 2.13. The van der Waals surface area contributed by atoms with Crippen LogP contribution < -0.4 is 0 Å². The van der Waals surface area contributed by atoms with Crippen LogP contribution in [0.1, 0.15) is 70.6 Å². The third-order valence-corrected chi connectivity index (χ3v) is 4.97. The normalized spacial score (nSPS) is 10.8. The van der Waals surface area contributed by atoms with E-state index in [1.54, 1.807) is 11.8 Å². The largest absolute Gasteiger partial charge is 0.481 e. The zero-order chi connectivity index (χ0) is 14.2. The second kappa shape index (κ2) is 16.6. The van der Waals surface area contributed by atoms with Crippen molar-refractivity contribution in [1.82, 2.24) is 0 Å². The van der Waals surface area contributed by atoms with E-state index in [2.05, 4.69) is 22.6 Å². The van der Waals surface area contributed by atoms with Gasteiger partial charge in [0, 0.05) is 5.75 Å². The lowest BCUT2D eigenvalue weighted by Gasteiger charge is -2.02. The first-order chi connectivity index (χ1) is 9.27. The molecule has 0 unspecified atom stereocenters. The summed E-state index contributed by atoms with van der Waals surface area (Å²) >= 11 is 4.23. The summed E-state index contributed by atoms with van der Waals surface area (Å²) in [6, 6.07) is 0. The fraction of sp³-hybridized carbons (Fsp3) is 0.933. The first-order valence-corrected chi connectivity index (χ1v) is 10.3. The molecule has 0 saturated carbocycles. The Bertz CT molecular complexity index is 201. The van der Waals surface area contributed by atoms with E-state index in [0.717, 1.165) is 11.5 Å². The number of halogens is 1. The van der Waals surface area contributed by atoms with E-state index in [0.29, 0.717) is 6.42 Å². The number of alkyl halides is 1. The number of carboxylic acids is 1. The second-order valence-electron chi connectivity index (χ2n) is 4.98. The average molecular weight is 400 g/mol. The van der Waals surface area contributed by atoms with Crippen LogP contribution >= 0.6 is 34.4 Å². The highest BCUT2D eigenvalue weighted by Gasteiger charge is 1.97. The first-order valence-electron chi connectivity index (χ1n) is 7.63. The number of hydrogen-bond donors (Lipinski definition) is 1. The molecule has 0 radical (unpaired) electrons. The molecule has 0 bridgehead atoms. The summed E-state index contributed by atoms with van der Waals surface area (Å²) in [5.74, 6) is 1.22. The summed E-state index contributed by atoms with van der Waals surface area (Å²) in [7, 11) is 0. The van der Waals surface area contributed by atoms with Gasteiger partial charge in [-0.25, -0.2) is 0 Å². The number of rotatable bonds is 15. The predicted octanol–water partition coefficient (Wildman–Crippen LogP) is 5.53. The SMILES string of the molecule is O=C(O)CCSCCCCCCCCCCCCI. The van der Waals surface area contributed by atoms with Crippen LogP contribution in [-0.4, -0.2) is 27.0 Å². The van der Waals surface area contributed by atoms with E-state index in [1.165, 1.54) is 68.6 Å². The van der Waals surface area contributed by atoms with Crippen LogP contribution in [-0.2, 0) is 4.79 Å². The molecule has 0 aliphatic rings. The lowest BCUT2D eigenvalue weighted by Crippen LogP contribution is -1.96. The summed E-state index contributed by atoms with van der Waals surface area (Å²) in [4.78, 5) is 10.3. The van der Waals surface area contributed by atoms with Crippen LogP contribution in [0.2, 0.25) is 0 Å². The zero-order valence-electron chi connectivity index (χ0n) is 12.0. The van der Waals surface area contributed by atoms with E-state index in [4.69, 9.17) is 5.11 Å². The maximum atomic E-state index is 10.3. The van der Waals surface area contributed by atoms with Gasteiger partial charge in [0.25, 0.3) is 0 Å². The van der Waals surface area contributed by atoms with Crippen molar-refractivity contribution in [3.63, 3.8) is 0 Å². The van der Waals surface area contributed by atoms with Gasteiger partial charge >= 0.3 is 5.97 Å². The zero-order valence-corrected chi connectivity index (χ0v) is 15.0. The molecule has 2 nitrogen and oxygen atoms in total. The Morgan fingerprint density at radius 3 is 1.74 bits per heavy atom. The van der Waals surface area contributed by atoms with Gasteiger partial charge in [-0.15, -0.1) is 0 Å². The first kappa shape index (κ1) is 19.6. The van der Waals surface area contributed by atoms with Gasteiger partial charge in [0.2, 0.25) is 0 Å². The van der Waals surface area contributed by atoms with Gasteiger partial charge in [0.05, 0.1) is 6.42 Å². The molecule has 0 aliphatic heterocycles. The minimum Gasteiger partial charge on any atom is -0.481 e. The van der Waals surface area contributed by atoms with Crippen LogP contribution in [0, 0.1) is 0 Å². The Morgan fingerprint density at radius 2 is 1.26 bits per heavy atom. The molecule has 0 saturated heterocycles. The molecule has 0 spiro atoms. The molecule has 114 valence electrons. The maximum Gasteiger partial charge on any atom is 0.304 e. The number of aliphatic carboxylic acids is 1. The Kier molecular flexibility index (Phi) is 17.1. The highest BCUT2D eigenvalue weighted by molar-refractivity contribution is 14.1. The van der Waals surface area contributed by atoms with Gasteiger partial charge in [-0.1, -0.05) is 74.0 Å². The number of hydrogen-bond acceptors (Lipinski definition) is 2. The Hall–Kier alpha value is 0.550. The van der Waals surface area contributed by atoms with Crippen LogP contribution in [0.15, 0.2) is 0 Å². The third kappa shape index (κ3) is 18.5. The highest BCUT2D eigenvalue weighted by atomic mass is 127. The standard InChI is InChI=1S/C15H29IO2S/c16-12-9-7-5-3-1-2-4-6-8-10-13-19-14-11-15(17)18/h1-14H2,(H,17,18). The second-order valence-corrected chi connectivity index (χ2v) is 7.28. The number of thioether (sulfide) groups is 1. The average Bonchev–Trinajstić information content (AvgIpc) is 2.39. The van der Waals surface area contributed by atoms with Crippen molar-refractivity contribution >= 4 is 40.3 Å². The Balaban J connectivity index is 2.93. The molecule has 0 heterocycles. The monoisotopic (exact) mass is 400 g/mol. The van der Waals surface area contributed by atoms with Crippen LogP contribution in [0.4, 0.5) is 0 Å². The number of carboxylic acid groups (broad SMARTS) is 1. The minimum absolute atomic E-state index is 0.308. The van der Waals surface area contributed by atoms with Gasteiger partial charge in [-0.2, -0.15) is 11.8 Å². The Morgan fingerprint density at radius 1 is 0.789 bits per heavy atom. The molecule has 0 atom stereocenters. The molecule has 1 N–H and O–H groups in total. The molecule has 0 amide bonds. The van der Waals surface area contributed by atoms with Crippen LogP contribution in [0.3, 0.4) is 0 Å². The minimum atomic E-state index is -0.675. The molecule has 19 heavy (non-hydrogen) atoms. The molecule has 0 aromatic rings. The van der Waals surface area contributed by atoms with E-state index < -0.39 is 5.97 Å². The van der Waals surface area contributed by atoms with Crippen LogP contribution in [0.5, 0.6) is 0 Å². The van der Waals surface area contributed by atoms with Crippen molar-refractivity contribution in [2.24, 2.45) is 0 Å². The Labute approximate surface area is 136 Å². The summed E-state index contributed by atoms with van der Waals surface area (Å²) in [6.07, 6.45) is 14.1. The summed E-state index contributed by atoms with van der Waals surface area (Å²) in [6.45, 7) is 0. The fourth-order valence-electron chi connectivity index (χ4n) is 1.97. The van der Waals surface area contributed by atoms with E-state index >= 15 is 0 Å². The van der Waals surface area contributed by atoms with Gasteiger partial charge in [0.1, 0.15) is 0 Å². The number of carbonyl (C=O) groups is 1. The van der Waals surface area contributed by atoms with Crippen LogP contribution in [0.25, 0.3) is 0 Å². The molecule has 0 aromatic carbocycles. The van der Waals surface area contributed by atoms with Crippen molar-refractivity contribution in [2.45, 2.75) is 70.6 Å². The van der Waals surface area contributed by atoms with Crippen molar-refractivity contribution in [2.75, 3.05) is 15.9 Å². The molecule has 0 rings (SSSR count). The van der Waals surface area contributed by atoms with E-state index in [1.807, 2.05) is 0 Å². The van der Waals surface area contributed by atoms with Gasteiger partial charge in [-0.05, 0) is 23.0 Å². The summed E-state index contributed by atoms with van der Waals surface area (Å²) in [5.41, 5.74) is 0.